The number of imidazole rings is 1. The van der Waals surface area contributed by atoms with Gasteiger partial charge in [0.1, 0.15) is 11.9 Å². The van der Waals surface area contributed by atoms with Crippen molar-refractivity contribution >= 4 is 28.5 Å². The molecule has 0 aliphatic heterocycles. The van der Waals surface area contributed by atoms with E-state index in [9.17, 15) is 9.59 Å². The lowest BCUT2D eigenvalue weighted by molar-refractivity contribution is -0.127. The van der Waals surface area contributed by atoms with Gasteiger partial charge in [-0.2, -0.15) is 0 Å². The Kier molecular flexibility index (Phi) is 5.34. The number of carbonyl (C=O) groups excluding carboxylic acids is 2. The van der Waals surface area contributed by atoms with Crippen molar-refractivity contribution in [3.8, 4) is 0 Å². The lowest BCUT2D eigenvalue weighted by Gasteiger charge is -2.14. The van der Waals surface area contributed by atoms with Gasteiger partial charge in [0.05, 0.1) is 11.0 Å². The van der Waals surface area contributed by atoms with Crippen LogP contribution in [0.3, 0.4) is 0 Å². The van der Waals surface area contributed by atoms with Crippen LogP contribution < -0.4 is 10.6 Å². The number of hydrogen-bond acceptors (Lipinski definition) is 3. The molecule has 6 nitrogen and oxygen atoms in total. The molecule has 6 heteroatoms. The van der Waals surface area contributed by atoms with Crippen molar-refractivity contribution < 1.29 is 9.59 Å². The van der Waals surface area contributed by atoms with Gasteiger partial charge in [0.15, 0.2) is 0 Å². The molecular formula is C23H26N4O2. The molecule has 4 rings (SSSR count). The summed E-state index contributed by atoms with van der Waals surface area (Å²) >= 11 is 0. The van der Waals surface area contributed by atoms with Crippen molar-refractivity contribution in [2.45, 2.75) is 45.1 Å². The van der Waals surface area contributed by atoms with E-state index in [4.69, 9.17) is 0 Å². The Morgan fingerprint density at radius 2 is 1.93 bits per heavy atom. The summed E-state index contributed by atoms with van der Waals surface area (Å²) in [5, 5.41) is 5.70. The standard InChI is InChI=1S/C23H26N4O2/c1-3-6-15-9-11-16(12-10-15)25-22(28)14(2)24-23(29)18-13-17(18)21-26-19-7-4-5-8-20(19)27-21/h4-5,7-12,14,17-18H,3,6,13H2,1-2H3,(H,24,29)(H,25,28)(H,26,27)/t14-,17?,18?/m1/s1. The van der Waals surface area contributed by atoms with Crippen LogP contribution in [0.15, 0.2) is 48.5 Å². The predicted molar refractivity (Wildman–Crippen MR) is 114 cm³/mol. The largest absolute Gasteiger partial charge is 0.344 e. The number of aromatic amines is 1. The fourth-order valence-electron chi connectivity index (χ4n) is 3.62. The minimum absolute atomic E-state index is 0.0868. The summed E-state index contributed by atoms with van der Waals surface area (Å²) in [6.07, 6.45) is 2.86. The van der Waals surface area contributed by atoms with Crippen LogP contribution in [0.25, 0.3) is 11.0 Å². The molecule has 1 aliphatic carbocycles. The first kappa shape index (κ1) is 19.2. The van der Waals surface area contributed by atoms with E-state index in [2.05, 4.69) is 27.5 Å². The van der Waals surface area contributed by atoms with Gasteiger partial charge in [0.25, 0.3) is 0 Å². The number of para-hydroxylation sites is 2. The molecule has 0 saturated heterocycles. The highest BCUT2D eigenvalue weighted by Crippen LogP contribution is 2.46. The number of aryl methyl sites for hydroxylation is 1. The lowest BCUT2D eigenvalue weighted by atomic mass is 10.1. The summed E-state index contributed by atoms with van der Waals surface area (Å²) in [4.78, 5) is 32.9. The lowest BCUT2D eigenvalue weighted by Crippen LogP contribution is -2.42. The SMILES string of the molecule is CCCc1ccc(NC(=O)[C@@H](C)NC(=O)C2CC2c2nc3ccccc3[nH]2)cc1. The van der Waals surface area contributed by atoms with Gasteiger partial charge in [-0.15, -0.1) is 0 Å². The molecule has 1 fully saturated rings. The molecule has 29 heavy (non-hydrogen) atoms. The van der Waals surface area contributed by atoms with Crippen molar-refractivity contribution in [3.05, 3.63) is 59.9 Å². The number of nitrogens with zero attached hydrogens (tertiary/aromatic N) is 1. The van der Waals surface area contributed by atoms with Crippen molar-refractivity contribution in [1.29, 1.82) is 0 Å². The van der Waals surface area contributed by atoms with Gasteiger partial charge in [-0.05, 0) is 49.6 Å². The van der Waals surface area contributed by atoms with Gasteiger partial charge >= 0.3 is 0 Å². The molecule has 1 heterocycles. The van der Waals surface area contributed by atoms with Crippen LogP contribution in [0.4, 0.5) is 5.69 Å². The number of anilines is 1. The minimum Gasteiger partial charge on any atom is -0.344 e. The van der Waals surface area contributed by atoms with Gasteiger partial charge in [-0.3, -0.25) is 9.59 Å². The average molecular weight is 390 g/mol. The molecule has 1 aromatic heterocycles. The molecular weight excluding hydrogens is 364 g/mol. The molecule has 0 spiro atoms. The van der Waals surface area contributed by atoms with Crippen molar-refractivity contribution in [3.63, 3.8) is 0 Å². The zero-order chi connectivity index (χ0) is 20.4. The van der Waals surface area contributed by atoms with Gasteiger partial charge in [0, 0.05) is 17.5 Å². The Labute approximate surface area is 170 Å². The zero-order valence-corrected chi connectivity index (χ0v) is 16.7. The molecule has 1 aliphatic rings. The summed E-state index contributed by atoms with van der Waals surface area (Å²) in [6, 6.07) is 15.1. The van der Waals surface area contributed by atoms with Gasteiger partial charge < -0.3 is 15.6 Å². The smallest absolute Gasteiger partial charge is 0.246 e. The minimum atomic E-state index is -0.602. The number of benzene rings is 2. The van der Waals surface area contributed by atoms with Crippen molar-refractivity contribution in [1.82, 2.24) is 15.3 Å². The number of aromatic nitrogens is 2. The van der Waals surface area contributed by atoms with E-state index < -0.39 is 6.04 Å². The fourth-order valence-corrected chi connectivity index (χ4v) is 3.62. The van der Waals surface area contributed by atoms with Crippen LogP contribution in [-0.2, 0) is 16.0 Å². The van der Waals surface area contributed by atoms with E-state index in [1.165, 1.54) is 5.56 Å². The van der Waals surface area contributed by atoms with Crippen LogP contribution in [-0.4, -0.2) is 27.8 Å². The zero-order valence-electron chi connectivity index (χ0n) is 16.7. The van der Waals surface area contributed by atoms with E-state index in [-0.39, 0.29) is 23.7 Å². The van der Waals surface area contributed by atoms with E-state index in [1.54, 1.807) is 6.92 Å². The second kappa shape index (κ2) is 8.07. The van der Waals surface area contributed by atoms with Crippen LogP contribution in [0.1, 0.15) is 44.0 Å². The first-order valence-corrected chi connectivity index (χ1v) is 10.2. The molecule has 150 valence electrons. The van der Waals surface area contributed by atoms with E-state index >= 15 is 0 Å². The van der Waals surface area contributed by atoms with Crippen molar-refractivity contribution in [2.24, 2.45) is 5.92 Å². The predicted octanol–water partition coefficient (Wildman–Crippen LogP) is 3.76. The second-order valence-corrected chi connectivity index (χ2v) is 7.75. The number of amides is 2. The topological polar surface area (TPSA) is 86.9 Å². The number of fused-ring (bicyclic) bond motifs is 1. The number of nitrogens with one attached hydrogen (secondary N) is 3. The quantitative estimate of drug-likeness (QED) is 0.574. The second-order valence-electron chi connectivity index (χ2n) is 7.75. The molecule has 1 saturated carbocycles. The Balaban J connectivity index is 1.30. The first-order valence-electron chi connectivity index (χ1n) is 10.2. The van der Waals surface area contributed by atoms with Crippen LogP contribution >= 0.6 is 0 Å². The van der Waals surface area contributed by atoms with Crippen molar-refractivity contribution in [2.75, 3.05) is 5.32 Å². The van der Waals surface area contributed by atoms with E-state index in [0.717, 1.165) is 41.8 Å². The highest BCUT2D eigenvalue weighted by Gasteiger charge is 2.46. The number of rotatable bonds is 7. The van der Waals surface area contributed by atoms with Gasteiger partial charge in [0.2, 0.25) is 11.8 Å². The molecule has 0 bridgehead atoms. The Bertz CT molecular complexity index is 992. The Morgan fingerprint density at radius 1 is 1.17 bits per heavy atom. The number of H-pyrrole nitrogens is 1. The maximum atomic E-state index is 12.6. The third-order valence-electron chi connectivity index (χ3n) is 5.40. The highest BCUT2D eigenvalue weighted by atomic mass is 16.2. The third-order valence-corrected chi connectivity index (χ3v) is 5.40. The molecule has 3 atom stereocenters. The average Bonchev–Trinajstić information content (AvgIpc) is 3.41. The maximum absolute atomic E-state index is 12.6. The molecule has 3 N–H and O–H groups in total. The monoisotopic (exact) mass is 390 g/mol. The number of hydrogen-bond donors (Lipinski definition) is 3. The summed E-state index contributed by atoms with van der Waals surface area (Å²) in [5.74, 6) is 0.470. The van der Waals surface area contributed by atoms with Crippen LogP contribution in [0, 0.1) is 5.92 Å². The summed E-state index contributed by atoms with van der Waals surface area (Å²) < 4.78 is 0. The number of carbonyl (C=O) groups is 2. The fraction of sp³-hybridized carbons (Fsp3) is 0.348. The Morgan fingerprint density at radius 3 is 2.66 bits per heavy atom. The third kappa shape index (κ3) is 4.31. The first-order chi connectivity index (χ1) is 14.0. The summed E-state index contributed by atoms with van der Waals surface area (Å²) in [7, 11) is 0. The maximum Gasteiger partial charge on any atom is 0.246 e. The summed E-state index contributed by atoms with van der Waals surface area (Å²) in [6.45, 7) is 3.84. The Hall–Kier alpha value is -3.15. The van der Waals surface area contributed by atoms with Gasteiger partial charge in [-0.1, -0.05) is 37.6 Å². The molecule has 2 unspecified atom stereocenters. The van der Waals surface area contributed by atoms with E-state index in [0.29, 0.717) is 0 Å². The summed E-state index contributed by atoms with van der Waals surface area (Å²) in [5.41, 5.74) is 3.87. The normalized spacial score (nSPS) is 19.0. The van der Waals surface area contributed by atoms with Crippen LogP contribution in [0.2, 0.25) is 0 Å². The highest BCUT2D eigenvalue weighted by molar-refractivity contribution is 5.97. The molecule has 0 radical (unpaired) electrons. The molecule has 2 aromatic carbocycles. The molecule has 2 amide bonds. The molecule has 3 aromatic rings. The van der Waals surface area contributed by atoms with Gasteiger partial charge in [-0.25, -0.2) is 4.98 Å². The van der Waals surface area contributed by atoms with Crippen LogP contribution in [0.5, 0.6) is 0 Å². The van der Waals surface area contributed by atoms with E-state index in [1.807, 2.05) is 48.5 Å².